The molecule has 2 aromatic rings. The van der Waals surface area contributed by atoms with Crippen molar-refractivity contribution in [1.82, 2.24) is 0 Å². The third kappa shape index (κ3) is 5.35. The quantitative estimate of drug-likeness (QED) is 0.276. The molecule has 0 heterocycles. The Kier molecular flexibility index (Phi) is 7.09. The molecule has 13 heteroatoms. The Bertz CT molecular complexity index is 1190. The summed E-state index contributed by atoms with van der Waals surface area (Å²) in [7, 11) is -7.53. The minimum atomic E-state index is -4.83. The van der Waals surface area contributed by atoms with Crippen LogP contribution in [0.3, 0.4) is 0 Å². The number of benzene rings is 2. The van der Waals surface area contributed by atoms with Gasteiger partial charge in [0.05, 0.1) is 0 Å². The SMILES string of the molecule is COC(=O)c1ccc(C(=O)OC)c(S(=O)(=O)Oc2cc[c]([Na])cc2S(=O)(=O)O)c1. The Balaban J connectivity index is 2.68. The standard InChI is InChI=1S/C16H13O10S2.Na/c1-24-15(17)10-7-8-11(16(18)25-2)14(9-10)28(22,23)26-12-5-3-4-6-13(12)27(19,20)21;/h3,5-9H,1-2H3,(H,19,20,21);. The van der Waals surface area contributed by atoms with E-state index in [2.05, 4.69) is 9.47 Å². The van der Waals surface area contributed by atoms with Crippen LogP contribution >= 0.6 is 0 Å². The monoisotopic (exact) mass is 452 g/mol. The maximum atomic E-state index is 12.8. The fraction of sp³-hybridized carbons (Fsp3) is 0.125. The topological polar surface area (TPSA) is 150 Å². The summed E-state index contributed by atoms with van der Waals surface area (Å²) in [4.78, 5) is 22.2. The Hall–Kier alpha value is -1.96. The molecule has 0 saturated heterocycles. The summed E-state index contributed by atoms with van der Waals surface area (Å²) in [5.41, 5.74) is -0.652. The van der Waals surface area contributed by atoms with Crippen molar-refractivity contribution in [3.63, 3.8) is 0 Å². The first-order valence-electron chi connectivity index (χ1n) is 7.74. The van der Waals surface area contributed by atoms with E-state index in [0.29, 0.717) is 30.7 Å². The molecule has 10 nitrogen and oxygen atoms in total. The minimum absolute atomic E-state index is 0.202. The number of rotatable bonds is 6. The molecule has 0 aliphatic rings. The van der Waals surface area contributed by atoms with E-state index in [1.54, 1.807) is 0 Å². The molecule has 0 aliphatic heterocycles. The Labute approximate surface area is 184 Å². The van der Waals surface area contributed by atoms with Crippen molar-refractivity contribution in [2.24, 2.45) is 0 Å². The molecule has 1 N–H and O–H groups in total. The molecule has 29 heavy (non-hydrogen) atoms. The van der Waals surface area contributed by atoms with Crippen LogP contribution < -0.4 is 7.00 Å². The summed E-state index contributed by atoms with van der Waals surface area (Å²) in [6, 6.07) is 6.55. The summed E-state index contributed by atoms with van der Waals surface area (Å²) in [5, 5.41) is 0. The Morgan fingerprint density at radius 3 is 2.07 bits per heavy atom. The van der Waals surface area contributed by atoms with E-state index < -0.39 is 53.3 Å². The average molecular weight is 452 g/mol. The van der Waals surface area contributed by atoms with Crippen molar-refractivity contribution in [1.29, 1.82) is 0 Å². The van der Waals surface area contributed by atoms with Crippen molar-refractivity contribution in [2.45, 2.75) is 9.79 Å². The van der Waals surface area contributed by atoms with E-state index in [9.17, 15) is 31.0 Å². The summed E-state index contributed by atoms with van der Waals surface area (Å²) in [6.45, 7) is 0. The zero-order chi connectivity index (χ0) is 22.0. The average Bonchev–Trinajstić information content (AvgIpc) is 2.66. The first kappa shape index (κ1) is 23.3. The Morgan fingerprint density at radius 1 is 0.897 bits per heavy atom. The predicted molar refractivity (Wildman–Crippen MR) is 98.6 cm³/mol. The number of carbonyl (C=O) groups is 2. The van der Waals surface area contributed by atoms with Crippen LogP contribution in [0.1, 0.15) is 20.7 Å². The third-order valence-corrected chi connectivity index (χ3v) is 6.43. The number of hydrogen-bond donors (Lipinski definition) is 1. The fourth-order valence-corrected chi connectivity index (χ4v) is 4.88. The van der Waals surface area contributed by atoms with Gasteiger partial charge in [0.25, 0.3) is 0 Å². The first-order valence-corrected chi connectivity index (χ1v) is 11.6. The van der Waals surface area contributed by atoms with Gasteiger partial charge in [0.1, 0.15) is 0 Å². The second-order valence-corrected chi connectivity index (χ2v) is 9.72. The van der Waals surface area contributed by atoms with Gasteiger partial charge in [0.15, 0.2) is 0 Å². The van der Waals surface area contributed by atoms with Crippen LogP contribution in [0, 0.1) is 0 Å². The van der Waals surface area contributed by atoms with Crippen LogP contribution in [-0.2, 0) is 29.7 Å². The third-order valence-electron chi connectivity index (χ3n) is 3.65. The molecule has 0 unspecified atom stereocenters. The number of methoxy groups -OCH3 is 2. The molecule has 0 fully saturated rings. The van der Waals surface area contributed by atoms with Gasteiger partial charge >= 0.3 is 185 Å². The molecule has 2 aromatic carbocycles. The van der Waals surface area contributed by atoms with Crippen LogP contribution in [0.15, 0.2) is 46.2 Å². The predicted octanol–water partition coefficient (Wildman–Crippen LogP) is 0.0680. The number of esters is 2. The van der Waals surface area contributed by atoms with E-state index in [-0.39, 0.29) is 5.56 Å². The van der Waals surface area contributed by atoms with Gasteiger partial charge in [-0.15, -0.1) is 0 Å². The van der Waals surface area contributed by atoms with E-state index in [1.165, 1.54) is 6.07 Å². The fourth-order valence-electron chi connectivity index (χ4n) is 2.30. The van der Waals surface area contributed by atoms with Crippen molar-refractivity contribution in [3.05, 3.63) is 47.5 Å². The summed E-state index contributed by atoms with van der Waals surface area (Å²) in [5.74, 6) is -2.59. The van der Waals surface area contributed by atoms with Gasteiger partial charge < -0.3 is 0 Å². The molecule has 0 radical (unpaired) electrons. The molecule has 0 bridgehead atoms. The van der Waals surface area contributed by atoms with Crippen LogP contribution in [0.25, 0.3) is 0 Å². The molecule has 0 spiro atoms. The van der Waals surface area contributed by atoms with Gasteiger partial charge in [-0.1, -0.05) is 0 Å². The van der Waals surface area contributed by atoms with Crippen molar-refractivity contribution in [2.75, 3.05) is 14.2 Å². The molecule has 2 rings (SSSR count). The summed E-state index contributed by atoms with van der Waals surface area (Å²) in [6.07, 6.45) is 0. The van der Waals surface area contributed by atoms with Crippen molar-refractivity contribution < 1.29 is 44.6 Å². The van der Waals surface area contributed by atoms with Gasteiger partial charge in [-0.25, -0.2) is 0 Å². The molecular weight excluding hydrogens is 439 g/mol. The van der Waals surface area contributed by atoms with Gasteiger partial charge in [-0.05, 0) is 0 Å². The molecule has 150 valence electrons. The summed E-state index contributed by atoms with van der Waals surface area (Å²) >= 11 is 0.422. The molecule has 0 aromatic heterocycles. The van der Waals surface area contributed by atoms with E-state index >= 15 is 0 Å². The van der Waals surface area contributed by atoms with Crippen molar-refractivity contribution >= 4 is 62.9 Å². The number of carbonyl (C=O) groups excluding carboxylic acids is 2. The van der Waals surface area contributed by atoms with E-state index in [0.717, 1.165) is 44.6 Å². The van der Waals surface area contributed by atoms with E-state index in [4.69, 9.17) is 4.18 Å². The maximum absolute atomic E-state index is 12.8. The van der Waals surface area contributed by atoms with E-state index in [1.807, 2.05) is 0 Å². The Morgan fingerprint density at radius 2 is 1.52 bits per heavy atom. The summed E-state index contributed by atoms with van der Waals surface area (Å²) < 4.78 is 72.7. The van der Waals surface area contributed by atoms with Crippen molar-refractivity contribution in [3.8, 4) is 5.75 Å². The van der Waals surface area contributed by atoms with Gasteiger partial charge in [0.2, 0.25) is 0 Å². The van der Waals surface area contributed by atoms with Crippen LogP contribution in [0.2, 0.25) is 0 Å². The molecule has 0 atom stereocenters. The zero-order valence-electron chi connectivity index (χ0n) is 15.4. The first-order chi connectivity index (χ1) is 13.4. The molecular formula is C16H13NaO10S2. The van der Waals surface area contributed by atoms with Gasteiger partial charge in [-0.3, -0.25) is 0 Å². The molecule has 0 saturated carbocycles. The van der Waals surface area contributed by atoms with Crippen LogP contribution in [0.4, 0.5) is 0 Å². The second-order valence-electron chi connectivity index (χ2n) is 5.66. The number of ether oxygens (including phenoxy) is 2. The van der Waals surface area contributed by atoms with Gasteiger partial charge in [0, 0.05) is 0 Å². The van der Waals surface area contributed by atoms with Crippen LogP contribution in [0.5, 0.6) is 5.75 Å². The van der Waals surface area contributed by atoms with Gasteiger partial charge in [-0.2, -0.15) is 0 Å². The molecule has 0 amide bonds. The van der Waals surface area contributed by atoms with Crippen LogP contribution in [-0.4, -0.2) is 75.5 Å². The normalized spacial score (nSPS) is 11.6. The second kappa shape index (κ2) is 8.81. The molecule has 0 aliphatic carbocycles. The zero-order valence-corrected chi connectivity index (χ0v) is 19.0. The number of hydrogen-bond acceptors (Lipinski definition) is 9.